The van der Waals surface area contributed by atoms with Crippen molar-refractivity contribution >= 4 is 51.9 Å². The van der Waals surface area contributed by atoms with Gasteiger partial charge in [0.25, 0.3) is 5.91 Å². The van der Waals surface area contributed by atoms with E-state index < -0.39 is 5.97 Å². The van der Waals surface area contributed by atoms with E-state index in [1.807, 2.05) is 0 Å². The van der Waals surface area contributed by atoms with Crippen molar-refractivity contribution in [2.75, 3.05) is 11.5 Å². The lowest BCUT2D eigenvalue weighted by Crippen LogP contribution is -2.27. The highest BCUT2D eigenvalue weighted by atomic mass is 32.2. The summed E-state index contributed by atoms with van der Waals surface area (Å²) in [6.45, 7) is 3.83. The molecule has 8 heteroatoms. The van der Waals surface area contributed by atoms with Crippen molar-refractivity contribution in [1.82, 2.24) is 0 Å². The highest BCUT2D eigenvalue weighted by Crippen LogP contribution is 2.37. The molecule has 0 saturated carbocycles. The van der Waals surface area contributed by atoms with Gasteiger partial charge in [-0.1, -0.05) is 47.9 Å². The first-order chi connectivity index (χ1) is 13.3. The predicted octanol–water partition coefficient (Wildman–Crippen LogP) is 3.57. The van der Waals surface area contributed by atoms with Gasteiger partial charge >= 0.3 is 5.97 Å². The van der Waals surface area contributed by atoms with Crippen LogP contribution in [0.5, 0.6) is 11.5 Å². The summed E-state index contributed by atoms with van der Waals surface area (Å²) in [5.41, 5.74) is 1.75. The molecule has 0 aromatic heterocycles. The number of nitrogens with zero attached hydrogens (tertiary/aromatic N) is 1. The molecule has 0 spiro atoms. The minimum absolute atomic E-state index is 0.114. The summed E-state index contributed by atoms with van der Waals surface area (Å²) in [6, 6.07) is 9.30. The molecule has 1 aliphatic rings. The highest BCUT2D eigenvalue weighted by Gasteiger charge is 2.33. The molecule has 1 amide bonds. The number of hydrogen-bond acceptors (Lipinski definition) is 6. The largest absolute Gasteiger partial charge is 0.870 e. The maximum Gasteiger partial charge on any atom is 0.336 e. The van der Waals surface area contributed by atoms with Crippen LogP contribution in [0.1, 0.15) is 28.4 Å². The highest BCUT2D eigenvalue weighted by molar-refractivity contribution is 8.27. The van der Waals surface area contributed by atoms with E-state index in [4.69, 9.17) is 17.0 Å². The molecule has 1 aliphatic heterocycles. The van der Waals surface area contributed by atoms with Crippen LogP contribution >= 0.6 is 24.0 Å². The van der Waals surface area contributed by atoms with Crippen LogP contribution in [0.4, 0.5) is 5.69 Å². The van der Waals surface area contributed by atoms with Crippen LogP contribution in [0.25, 0.3) is 6.08 Å². The predicted molar refractivity (Wildman–Crippen MR) is 111 cm³/mol. The SMILES string of the molecule is CCOc1cc(/C=C2\SC(=S)N(c3ccc(C)c(C(=O)O)c3)C2=O)ccc1[O-]. The van der Waals surface area contributed by atoms with Crippen molar-refractivity contribution in [2.24, 2.45) is 0 Å². The summed E-state index contributed by atoms with van der Waals surface area (Å²) < 4.78 is 5.61. The number of aryl methyl sites for hydroxylation is 1. The third-order valence-corrected chi connectivity index (χ3v) is 5.37. The standard InChI is InChI=1S/C20H17NO5S2/c1-3-26-16-8-12(5-7-15(16)22)9-17-18(23)21(20(27)28-17)13-6-4-11(2)14(10-13)19(24)25/h4-10,22H,3H2,1-2H3,(H,24,25)/p-1/b17-9-. The number of anilines is 1. The number of amides is 1. The fourth-order valence-corrected chi connectivity index (χ4v) is 4.00. The second kappa shape index (κ2) is 8.04. The lowest BCUT2D eigenvalue weighted by molar-refractivity contribution is -0.270. The number of aromatic carboxylic acids is 1. The Bertz CT molecular complexity index is 1020. The lowest BCUT2D eigenvalue weighted by atomic mass is 10.1. The van der Waals surface area contributed by atoms with Gasteiger partial charge in [0.05, 0.1) is 22.8 Å². The molecular weight excluding hydrogens is 398 g/mol. The molecule has 2 aromatic rings. The molecular formula is C20H16NO5S2-. The second-order valence-corrected chi connectivity index (χ2v) is 7.64. The molecule has 3 rings (SSSR count). The minimum Gasteiger partial charge on any atom is -0.870 e. The van der Waals surface area contributed by atoms with Gasteiger partial charge < -0.3 is 14.9 Å². The van der Waals surface area contributed by atoms with Crippen molar-refractivity contribution in [3.8, 4) is 11.5 Å². The Balaban J connectivity index is 1.94. The number of ether oxygens (including phenoxy) is 1. The Hall–Kier alpha value is -2.84. The Morgan fingerprint density at radius 3 is 2.75 bits per heavy atom. The fraction of sp³-hybridized carbons (Fsp3) is 0.150. The van der Waals surface area contributed by atoms with E-state index in [9.17, 15) is 19.8 Å². The van der Waals surface area contributed by atoms with Crippen LogP contribution < -0.4 is 14.7 Å². The van der Waals surface area contributed by atoms with Crippen molar-refractivity contribution < 1.29 is 24.5 Å². The normalized spacial score (nSPS) is 15.4. The lowest BCUT2D eigenvalue weighted by Gasteiger charge is -2.16. The molecule has 1 heterocycles. The van der Waals surface area contributed by atoms with Crippen LogP contribution in [-0.2, 0) is 4.79 Å². The Labute approximate surface area is 171 Å². The van der Waals surface area contributed by atoms with Gasteiger partial charge in [0.15, 0.2) is 4.32 Å². The van der Waals surface area contributed by atoms with Gasteiger partial charge in [-0.3, -0.25) is 9.69 Å². The van der Waals surface area contributed by atoms with Gasteiger partial charge in [-0.05, 0) is 49.2 Å². The van der Waals surface area contributed by atoms with Gasteiger partial charge in [-0.2, -0.15) is 0 Å². The molecule has 0 bridgehead atoms. The zero-order valence-corrected chi connectivity index (χ0v) is 16.7. The maximum atomic E-state index is 12.9. The number of carbonyl (C=O) groups excluding carboxylic acids is 1. The quantitative estimate of drug-likeness (QED) is 0.591. The Morgan fingerprint density at radius 1 is 1.32 bits per heavy atom. The summed E-state index contributed by atoms with van der Waals surface area (Å²) in [6.07, 6.45) is 1.63. The third kappa shape index (κ3) is 3.88. The second-order valence-electron chi connectivity index (χ2n) is 5.96. The molecule has 2 aromatic carbocycles. The maximum absolute atomic E-state index is 12.9. The van der Waals surface area contributed by atoms with Gasteiger partial charge in [0.2, 0.25) is 0 Å². The van der Waals surface area contributed by atoms with Crippen molar-refractivity contribution in [3.63, 3.8) is 0 Å². The smallest absolute Gasteiger partial charge is 0.336 e. The van der Waals surface area contributed by atoms with E-state index in [2.05, 4.69) is 0 Å². The summed E-state index contributed by atoms with van der Waals surface area (Å²) in [7, 11) is 0. The van der Waals surface area contributed by atoms with E-state index in [1.54, 1.807) is 44.2 Å². The number of hydrogen-bond donors (Lipinski definition) is 1. The molecule has 1 saturated heterocycles. The van der Waals surface area contributed by atoms with Gasteiger partial charge in [-0.25, -0.2) is 4.79 Å². The first-order valence-corrected chi connectivity index (χ1v) is 9.60. The molecule has 0 unspecified atom stereocenters. The first-order valence-electron chi connectivity index (χ1n) is 8.37. The van der Waals surface area contributed by atoms with Crippen LogP contribution in [0.15, 0.2) is 41.3 Å². The van der Waals surface area contributed by atoms with Crippen LogP contribution in [0.3, 0.4) is 0 Å². The first kappa shape index (κ1) is 19.9. The van der Waals surface area contributed by atoms with Crippen molar-refractivity contribution in [2.45, 2.75) is 13.8 Å². The van der Waals surface area contributed by atoms with Crippen LogP contribution in [-0.4, -0.2) is 27.9 Å². The molecule has 1 N–H and O–H groups in total. The van der Waals surface area contributed by atoms with Crippen LogP contribution in [0, 0.1) is 6.92 Å². The Morgan fingerprint density at radius 2 is 2.07 bits per heavy atom. The third-order valence-electron chi connectivity index (χ3n) is 4.07. The molecule has 28 heavy (non-hydrogen) atoms. The minimum atomic E-state index is -1.07. The number of carboxylic acids is 1. The number of rotatable bonds is 5. The van der Waals surface area contributed by atoms with Gasteiger partial charge in [0.1, 0.15) is 5.75 Å². The molecule has 1 fully saturated rings. The van der Waals surface area contributed by atoms with E-state index in [1.165, 1.54) is 17.0 Å². The van der Waals surface area contributed by atoms with E-state index in [0.717, 1.165) is 11.8 Å². The summed E-state index contributed by atoms with van der Waals surface area (Å²) in [5.74, 6) is -1.43. The van der Waals surface area contributed by atoms with Crippen molar-refractivity contribution in [3.05, 3.63) is 58.0 Å². The topological polar surface area (TPSA) is 89.9 Å². The number of thioether (sulfide) groups is 1. The fourth-order valence-electron chi connectivity index (χ4n) is 2.70. The zero-order valence-electron chi connectivity index (χ0n) is 15.1. The van der Waals surface area contributed by atoms with E-state index in [0.29, 0.717) is 32.6 Å². The number of carbonyl (C=O) groups is 2. The number of carboxylic acid groups (broad SMARTS) is 1. The van der Waals surface area contributed by atoms with E-state index >= 15 is 0 Å². The van der Waals surface area contributed by atoms with Crippen LogP contribution in [0.2, 0.25) is 0 Å². The Kier molecular flexibility index (Phi) is 5.71. The number of benzene rings is 2. The van der Waals surface area contributed by atoms with E-state index in [-0.39, 0.29) is 23.0 Å². The zero-order chi connectivity index (χ0) is 20.4. The molecule has 0 radical (unpaired) electrons. The summed E-state index contributed by atoms with van der Waals surface area (Å²) in [4.78, 5) is 25.9. The summed E-state index contributed by atoms with van der Waals surface area (Å²) in [5, 5.41) is 21.1. The van der Waals surface area contributed by atoms with Crippen molar-refractivity contribution in [1.29, 1.82) is 0 Å². The van der Waals surface area contributed by atoms with Gasteiger partial charge in [-0.15, -0.1) is 0 Å². The van der Waals surface area contributed by atoms with Gasteiger partial charge in [0, 0.05) is 0 Å². The molecule has 0 atom stereocenters. The molecule has 144 valence electrons. The average Bonchev–Trinajstić information content (AvgIpc) is 2.92. The molecule has 0 aliphatic carbocycles. The summed E-state index contributed by atoms with van der Waals surface area (Å²) >= 11 is 6.44. The molecule has 6 nitrogen and oxygen atoms in total. The number of thiocarbonyl (C=S) groups is 1. The monoisotopic (exact) mass is 414 g/mol. The average molecular weight is 414 g/mol.